The fourth-order valence-electron chi connectivity index (χ4n) is 6.44. The molecule has 1 saturated carbocycles. The lowest BCUT2D eigenvalue weighted by molar-refractivity contribution is -0.156. The monoisotopic (exact) mass is 541 g/mol. The van der Waals surface area contributed by atoms with E-state index in [2.05, 4.69) is 23.5 Å². The van der Waals surface area contributed by atoms with E-state index in [0.29, 0.717) is 6.42 Å². The molecule has 0 saturated heterocycles. The molecule has 1 fully saturated rings. The number of aryl methyl sites for hydroxylation is 1. The first-order valence-corrected chi connectivity index (χ1v) is 12.7. The maximum atomic E-state index is 13.6. The topological polar surface area (TPSA) is 130 Å². The quantitative estimate of drug-likeness (QED) is 0.390. The summed E-state index contributed by atoms with van der Waals surface area (Å²) in [5.41, 5.74) is -3.71. The number of ether oxygens (including phenoxy) is 1. The Morgan fingerprint density at radius 3 is 2.55 bits per heavy atom. The molecule has 0 amide bonds. The molecule has 1 aromatic rings. The van der Waals surface area contributed by atoms with Crippen molar-refractivity contribution < 1.29 is 47.3 Å². The number of ketones is 1. The SMILES string of the molecule is C/C1=C/C[C@H](C)C[C@@H]2[C@H]([C@@H]3C=C(CO)[C@@H](O)[C@@](O)(CC3=O)[C@H]1OC(=O)c1c(C)noc1C(F)(F)F)C2(C)C. The fourth-order valence-corrected chi connectivity index (χ4v) is 6.44. The second-order valence-electron chi connectivity index (χ2n) is 11.7. The number of esters is 1. The molecule has 0 spiro atoms. The normalized spacial score (nSPS) is 36.7. The van der Waals surface area contributed by atoms with Crippen LogP contribution in [0.3, 0.4) is 0 Å². The average Bonchev–Trinajstić information content (AvgIpc) is 3.14. The maximum absolute atomic E-state index is 13.6. The van der Waals surface area contributed by atoms with Gasteiger partial charge in [-0.3, -0.25) is 4.79 Å². The number of alkyl halides is 3. The van der Waals surface area contributed by atoms with Crippen molar-refractivity contribution in [3.8, 4) is 0 Å². The van der Waals surface area contributed by atoms with E-state index in [9.17, 15) is 38.1 Å². The Morgan fingerprint density at radius 1 is 1.29 bits per heavy atom. The Hall–Kier alpha value is -2.50. The van der Waals surface area contributed by atoms with E-state index in [1.54, 1.807) is 6.08 Å². The van der Waals surface area contributed by atoms with Crippen molar-refractivity contribution in [2.75, 3.05) is 6.61 Å². The highest BCUT2D eigenvalue weighted by molar-refractivity contribution is 5.92. The zero-order chi connectivity index (χ0) is 28.4. The van der Waals surface area contributed by atoms with Crippen molar-refractivity contribution in [2.24, 2.45) is 29.1 Å². The Balaban J connectivity index is 1.82. The van der Waals surface area contributed by atoms with Gasteiger partial charge >= 0.3 is 12.1 Å². The van der Waals surface area contributed by atoms with Gasteiger partial charge in [0, 0.05) is 12.3 Å². The van der Waals surface area contributed by atoms with E-state index in [4.69, 9.17) is 4.74 Å². The van der Waals surface area contributed by atoms with Crippen molar-refractivity contribution in [1.29, 1.82) is 0 Å². The minimum Gasteiger partial charge on any atom is -0.451 e. The second kappa shape index (κ2) is 9.60. The van der Waals surface area contributed by atoms with Crippen LogP contribution in [0.4, 0.5) is 13.2 Å². The van der Waals surface area contributed by atoms with Gasteiger partial charge in [-0.25, -0.2) is 4.79 Å². The molecule has 38 heavy (non-hydrogen) atoms. The number of fused-ring (bicyclic) bond motifs is 5. The van der Waals surface area contributed by atoms with E-state index in [1.165, 1.54) is 13.0 Å². The lowest BCUT2D eigenvalue weighted by Gasteiger charge is -2.39. The number of aliphatic hydroxyl groups is 3. The van der Waals surface area contributed by atoms with Gasteiger partial charge in [-0.05, 0) is 61.0 Å². The number of carbonyl (C=O) groups is 2. The largest absolute Gasteiger partial charge is 0.453 e. The smallest absolute Gasteiger partial charge is 0.451 e. The van der Waals surface area contributed by atoms with Crippen LogP contribution in [-0.2, 0) is 15.7 Å². The summed E-state index contributed by atoms with van der Waals surface area (Å²) in [5, 5.41) is 36.5. The van der Waals surface area contributed by atoms with E-state index >= 15 is 0 Å². The summed E-state index contributed by atoms with van der Waals surface area (Å²) in [7, 11) is 0. The molecule has 210 valence electrons. The highest BCUT2D eigenvalue weighted by Crippen LogP contribution is 2.65. The highest BCUT2D eigenvalue weighted by atomic mass is 19.4. The van der Waals surface area contributed by atoms with Gasteiger partial charge in [0.2, 0.25) is 0 Å². The molecule has 0 aliphatic heterocycles. The molecule has 2 bridgehead atoms. The Morgan fingerprint density at radius 2 is 1.95 bits per heavy atom. The van der Waals surface area contributed by atoms with Crippen molar-refractivity contribution >= 4 is 11.8 Å². The number of aliphatic hydroxyl groups excluding tert-OH is 2. The van der Waals surface area contributed by atoms with Crippen LogP contribution in [0.1, 0.15) is 68.8 Å². The molecular formula is C27H34F3NO7. The molecule has 1 heterocycles. The van der Waals surface area contributed by atoms with Gasteiger partial charge in [0.25, 0.3) is 5.76 Å². The molecule has 0 radical (unpaired) electrons. The summed E-state index contributed by atoms with van der Waals surface area (Å²) in [6, 6.07) is 0. The number of carbonyl (C=O) groups excluding carboxylic acids is 2. The summed E-state index contributed by atoms with van der Waals surface area (Å²) < 4.78 is 50.3. The summed E-state index contributed by atoms with van der Waals surface area (Å²) >= 11 is 0. The van der Waals surface area contributed by atoms with Crippen LogP contribution in [0.25, 0.3) is 0 Å². The minimum absolute atomic E-state index is 0.0110. The van der Waals surface area contributed by atoms with Gasteiger partial charge in [-0.15, -0.1) is 0 Å². The third-order valence-electron chi connectivity index (χ3n) is 8.67. The van der Waals surface area contributed by atoms with Gasteiger partial charge < -0.3 is 24.6 Å². The molecule has 8 nitrogen and oxygen atoms in total. The number of halogens is 3. The van der Waals surface area contributed by atoms with Crippen molar-refractivity contribution in [3.63, 3.8) is 0 Å². The standard InChI is InChI=1S/C27H34F3NO7/c1-12-6-7-13(2)22(37-24(35)19-14(3)31-38-23(19)27(28,29)30)26(36)10-18(33)16(9-15(11-32)21(26)34)20-17(8-12)25(20,4)5/h7,9,12,16-17,20-22,32,34,36H,6,8,10-11H2,1-5H3/b13-7-/t12-,16+,17+,20-,21+,22-,26-/m0/s1. The molecule has 7 atom stereocenters. The number of aromatic nitrogens is 1. The molecular weight excluding hydrogens is 507 g/mol. The third-order valence-corrected chi connectivity index (χ3v) is 8.67. The first-order valence-electron chi connectivity index (χ1n) is 12.7. The fraction of sp³-hybridized carbons (Fsp3) is 0.667. The van der Waals surface area contributed by atoms with Crippen molar-refractivity contribution in [2.45, 2.75) is 77.9 Å². The summed E-state index contributed by atoms with van der Waals surface area (Å²) in [4.78, 5) is 26.7. The van der Waals surface area contributed by atoms with Crippen LogP contribution in [0.15, 0.2) is 27.8 Å². The zero-order valence-corrected chi connectivity index (χ0v) is 22.0. The Kier molecular flexibility index (Phi) is 7.20. The number of allylic oxidation sites excluding steroid dienone is 2. The number of Topliss-reactive ketones (excluding diaryl/α,β-unsaturated/α-hetero) is 1. The molecule has 3 N–H and O–H groups in total. The lowest BCUT2D eigenvalue weighted by atomic mass is 9.79. The number of nitrogens with zero attached hydrogens (tertiary/aromatic N) is 1. The van der Waals surface area contributed by atoms with Gasteiger partial charge in [-0.1, -0.05) is 38.1 Å². The average molecular weight is 542 g/mol. The first-order chi connectivity index (χ1) is 17.5. The van der Waals surface area contributed by atoms with E-state index < -0.39 is 66.0 Å². The minimum atomic E-state index is -5.04. The van der Waals surface area contributed by atoms with Gasteiger partial charge in [0.05, 0.1) is 12.3 Å². The predicted octanol–water partition coefficient (Wildman–Crippen LogP) is 3.78. The van der Waals surface area contributed by atoms with E-state index in [0.717, 1.165) is 13.3 Å². The van der Waals surface area contributed by atoms with Crippen molar-refractivity contribution in [1.82, 2.24) is 5.16 Å². The van der Waals surface area contributed by atoms with E-state index in [-0.39, 0.29) is 40.0 Å². The number of hydrogen-bond acceptors (Lipinski definition) is 8. The van der Waals surface area contributed by atoms with E-state index in [1.807, 2.05) is 6.92 Å². The van der Waals surface area contributed by atoms with Crippen LogP contribution in [0, 0.1) is 36.0 Å². The maximum Gasteiger partial charge on any atom is 0.453 e. The zero-order valence-electron chi connectivity index (χ0n) is 22.0. The van der Waals surface area contributed by atoms with Gasteiger partial charge in [-0.2, -0.15) is 13.2 Å². The molecule has 4 rings (SSSR count). The highest BCUT2D eigenvalue weighted by Gasteiger charge is 2.63. The van der Waals surface area contributed by atoms with Crippen LogP contribution in [0.2, 0.25) is 0 Å². The van der Waals surface area contributed by atoms with Crippen LogP contribution in [0.5, 0.6) is 0 Å². The van der Waals surface area contributed by atoms with Crippen LogP contribution >= 0.6 is 0 Å². The summed E-state index contributed by atoms with van der Waals surface area (Å²) in [6.45, 7) is 8.15. The summed E-state index contributed by atoms with van der Waals surface area (Å²) in [6.07, 6.45) is -4.66. The van der Waals surface area contributed by atoms with Crippen molar-refractivity contribution in [3.05, 3.63) is 40.3 Å². The molecule has 0 unspecified atom stereocenters. The Labute approximate surface area is 218 Å². The van der Waals surface area contributed by atoms with Crippen LogP contribution < -0.4 is 0 Å². The van der Waals surface area contributed by atoms with Crippen LogP contribution in [-0.4, -0.2) is 56.6 Å². The molecule has 11 heteroatoms. The Bertz CT molecular complexity index is 1180. The molecule has 0 aromatic carbocycles. The number of hydrogen-bond donors (Lipinski definition) is 3. The first kappa shape index (κ1) is 28.5. The summed E-state index contributed by atoms with van der Waals surface area (Å²) in [5.74, 6) is -3.92. The van der Waals surface area contributed by atoms with Gasteiger partial charge in [0.1, 0.15) is 23.1 Å². The third kappa shape index (κ3) is 4.73. The molecule has 3 aliphatic rings. The second-order valence-corrected chi connectivity index (χ2v) is 11.7. The predicted molar refractivity (Wildman–Crippen MR) is 128 cm³/mol. The molecule has 1 aromatic heterocycles. The van der Waals surface area contributed by atoms with Gasteiger partial charge in [0.15, 0.2) is 6.10 Å². The number of rotatable bonds is 3. The molecule has 3 aliphatic carbocycles. The lowest BCUT2D eigenvalue weighted by Crippen LogP contribution is -2.56.